The molecule has 0 spiro atoms. The predicted molar refractivity (Wildman–Crippen MR) is 110 cm³/mol. The number of carbonyl (C=O) groups is 2. The molecule has 6 nitrogen and oxygen atoms in total. The fourth-order valence-corrected chi connectivity index (χ4v) is 3.18. The standard InChI is InChI=1S/C21H23ClFN3O3/c22-16-2-6-18(7-3-16)24-21(28)26-12-1-11-25(13-14-26)20(27)10-15-29-19-8-4-17(23)5-9-19/h2-9H,1,10-15H2,(H,24,28). The second-order valence-electron chi connectivity index (χ2n) is 6.71. The monoisotopic (exact) mass is 419 g/mol. The van der Waals surface area contributed by atoms with Gasteiger partial charge in [-0.3, -0.25) is 4.79 Å². The first-order chi connectivity index (χ1) is 14.0. The first-order valence-corrected chi connectivity index (χ1v) is 9.87. The summed E-state index contributed by atoms with van der Waals surface area (Å²) in [5.74, 6) is 0.176. The quantitative estimate of drug-likeness (QED) is 0.796. The van der Waals surface area contributed by atoms with Gasteiger partial charge in [-0.1, -0.05) is 11.6 Å². The zero-order valence-electron chi connectivity index (χ0n) is 15.9. The molecule has 1 heterocycles. The van der Waals surface area contributed by atoms with Gasteiger partial charge in [-0.15, -0.1) is 0 Å². The SMILES string of the molecule is O=C(CCOc1ccc(F)cc1)N1CCCN(C(=O)Nc2ccc(Cl)cc2)CC1. The molecule has 1 saturated heterocycles. The molecule has 29 heavy (non-hydrogen) atoms. The van der Waals surface area contributed by atoms with Crippen molar-refractivity contribution in [1.29, 1.82) is 0 Å². The van der Waals surface area contributed by atoms with Gasteiger partial charge in [0.2, 0.25) is 5.91 Å². The highest BCUT2D eigenvalue weighted by Crippen LogP contribution is 2.15. The Morgan fingerprint density at radius 1 is 0.966 bits per heavy atom. The minimum absolute atomic E-state index is 0.0212. The average Bonchev–Trinajstić information content (AvgIpc) is 2.97. The number of benzene rings is 2. The van der Waals surface area contributed by atoms with E-state index < -0.39 is 0 Å². The molecule has 0 atom stereocenters. The number of hydrogen-bond donors (Lipinski definition) is 1. The Balaban J connectivity index is 1.43. The number of ether oxygens (including phenoxy) is 1. The molecule has 3 rings (SSSR count). The van der Waals surface area contributed by atoms with Crippen LogP contribution in [0.2, 0.25) is 5.02 Å². The van der Waals surface area contributed by atoms with E-state index in [0.717, 1.165) is 0 Å². The lowest BCUT2D eigenvalue weighted by atomic mass is 10.3. The van der Waals surface area contributed by atoms with Crippen LogP contribution in [0.1, 0.15) is 12.8 Å². The summed E-state index contributed by atoms with van der Waals surface area (Å²) in [4.78, 5) is 28.4. The van der Waals surface area contributed by atoms with Gasteiger partial charge in [-0.25, -0.2) is 9.18 Å². The predicted octanol–water partition coefficient (Wildman–Crippen LogP) is 4.01. The molecule has 0 unspecified atom stereocenters. The summed E-state index contributed by atoms with van der Waals surface area (Å²) in [6.07, 6.45) is 0.937. The van der Waals surface area contributed by atoms with Crippen molar-refractivity contribution in [3.05, 3.63) is 59.4 Å². The lowest BCUT2D eigenvalue weighted by Crippen LogP contribution is -2.39. The van der Waals surface area contributed by atoms with Crippen LogP contribution < -0.4 is 10.1 Å². The molecule has 2 aromatic rings. The zero-order valence-corrected chi connectivity index (χ0v) is 16.7. The summed E-state index contributed by atoms with van der Waals surface area (Å²) in [5, 5.41) is 3.45. The van der Waals surface area contributed by atoms with Crippen LogP contribution in [0, 0.1) is 5.82 Å². The highest BCUT2D eigenvalue weighted by molar-refractivity contribution is 6.30. The van der Waals surface area contributed by atoms with E-state index in [2.05, 4.69) is 5.32 Å². The summed E-state index contributed by atoms with van der Waals surface area (Å²) in [5.41, 5.74) is 0.675. The average molecular weight is 420 g/mol. The van der Waals surface area contributed by atoms with Crippen molar-refractivity contribution in [3.8, 4) is 5.75 Å². The minimum atomic E-state index is -0.331. The first kappa shape index (κ1) is 20.9. The maximum atomic E-state index is 12.9. The fourth-order valence-electron chi connectivity index (χ4n) is 3.05. The van der Waals surface area contributed by atoms with Crippen LogP contribution >= 0.6 is 11.6 Å². The lowest BCUT2D eigenvalue weighted by molar-refractivity contribution is -0.131. The molecular formula is C21H23ClFN3O3. The van der Waals surface area contributed by atoms with E-state index >= 15 is 0 Å². The van der Waals surface area contributed by atoms with Gasteiger partial charge >= 0.3 is 6.03 Å². The van der Waals surface area contributed by atoms with Gasteiger partial charge in [0.25, 0.3) is 0 Å². The van der Waals surface area contributed by atoms with Gasteiger partial charge in [0.1, 0.15) is 11.6 Å². The van der Waals surface area contributed by atoms with Crippen molar-refractivity contribution < 1.29 is 18.7 Å². The highest BCUT2D eigenvalue weighted by Gasteiger charge is 2.22. The van der Waals surface area contributed by atoms with Crippen LogP contribution in [0.5, 0.6) is 5.75 Å². The van der Waals surface area contributed by atoms with Crippen LogP contribution in [-0.4, -0.2) is 54.5 Å². The molecule has 1 fully saturated rings. The molecule has 0 bridgehead atoms. The summed E-state index contributed by atoms with van der Waals surface area (Å²) in [7, 11) is 0. The molecular weight excluding hydrogens is 397 g/mol. The van der Waals surface area contributed by atoms with Crippen molar-refractivity contribution >= 4 is 29.2 Å². The number of amides is 3. The lowest BCUT2D eigenvalue weighted by Gasteiger charge is -2.22. The molecule has 1 aliphatic heterocycles. The number of anilines is 1. The second kappa shape index (κ2) is 10.1. The van der Waals surface area contributed by atoms with Gasteiger partial charge in [0.15, 0.2) is 0 Å². The van der Waals surface area contributed by atoms with E-state index in [1.54, 1.807) is 34.1 Å². The normalized spacial score (nSPS) is 14.3. The molecule has 0 aliphatic carbocycles. The van der Waals surface area contributed by atoms with Crippen LogP contribution in [-0.2, 0) is 4.79 Å². The second-order valence-corrected chi connectivity index (χ2v) is 7.15. The molecule has 3 amide bonds. The van der Waals surface area contributed by atoms with E-state index in [4.69, 9.17) is 16.3 Å². The maximum absolute atomic E-state index is 12.9. The third-order valence-corrected chi connectivity index (χ3v) is 4.88. The summed E-state index contributed by atoms with van der Waals surface area (Å²) < 4.78 is 18.4. The zero-order chi connectivity index (χ0) is 20.6. The van der Waals surface area contributed by atoms with E-state index in [9.17, 15) is 14.0 Å². The van der Waals surface area contributed by atoms with Crippen molar-refractivity contribution in [1.82, 2.24) is 9.80 Å². The molecule has 0 saturated carbocycles. The molecule has 0 aromatic heterocycles. The minimum Gasteiger partial charge on any atom is -0.493 e. The maximum Gasteiger partial charge on any atom is 0.321 e. The Hall–Kier alpha value is -2.80. The molecule has 0 radical (unpaired) electrons. The van der Waals surface area contributed by atoms with Gasteiger partial charge < -0.3 is 19.9 Å². The number of carbonyl (C=O) groups excluding carboxylic acids is 2. The molecule has 154 valence electrons. The van der Waals surface area contributed by atoms with Gasteiger partial charge in [-0.2, -0.15) is 0 Å². The molecule has 2 aromatic carbocycles. The topological polar surface area (TPSA) is 61.9 Å². The van der Waals surface area contributed by atoms with Crippen LogP contribution in [0.4, 0.5) is 14.9 Å². The van der Waals surface area contributed by atoms with Crippen molar-refractivity contribution in [2.24, 2.45) is 0 Å². The summed E-state index contributed by atoms with van der Waals surface area (Å²) in [6, 6.07) is 12.4. The Bertz CT molecular complexity index is 830. The molecule has 8 heteroatoms. The number of nitrogens with one attached hydrogen (secondary N) is 1. The number of hydrogen-bond acceptors (Lipinski definition) is 3. The third-order valence-electron chi connectivity index (χ3n) is 4.63. The van der Waals surface area contributed by atoms with E-state index in [1.165, 1.54) is 24.3 Å². The largest absolute Gasteiger partial charge is 0.493 e. The Labute approximate surface area is 174 Å². The van der Waals surface area contributed by atoms with Crippen LogP contribution in [0.15, 0.2) is 48.5 Å². The summed E-state index contributed by atoms with van der Waals surface area (Å²) >= 11 is 5.86. The molecule has 1 N–H and O–H groups in total. The number of urea groups is 1. The Morgan fingerprint density at radius 3 is 2.34 bits per heavy atom. The fraction of sp³-hybridized carbons (Fsp3) is 0.333. The highest BCUT2D eigenvalue weighted by atomic mass is 35.5. The third kappa shape index (κ3) is 6.35. The van der Waals surface area contributed by atoms with Crippen molar-refractivity contribution in [3.63, 3.8) is 0 Å². The van der Waals surface area contributed by atoms with Crippen molar-refractivity contribution in [2.45, 2.75) is 12.8 Å². The van der Waals surface area contributed by atoms with E-state index in [-0.39, 0.29) is 30.8 Å². The first-order valence-electron chi connectivity index (χ1n) is 9.49. The number of halogens is 2. The van der Waals surface area contributed by atoms with E-state index in [0.29, 0.717) is 49.1 Å². The number of nitrogens with zero attached hydrogens (tertiary/aromatic N) is 2. The smallest absolute Gasteiger partial charge is 0.321 e. The van der Waals surface area contributed by atoms with E-state index in [1.807, 2.05) is 0 Å². The Kier molecular flexibility index (Phi) is 7.30. The van der Waals surface area contributed by atoms with Crippen LogP contribution in [0.25, 0.3) is 0 Å². The van der Waals surface area contributed by atoms with Gasteiger partial charge in [0, 0.05) is 36.9 Å². The van der Waals surface area contributed by atoms with Gasteiger partial charge in [-0.05, 0) is 55.0 Å². The summed E-state index contributed by atoms with van der Waals surface area (Å²) in [6.45, 7) is 2.34. The van der Waals surface area contributed by atoms with Gasteiger partial charge in [0.05, 0.1) is 13.0 Å². The molecule has 1 aliphatic rings. The number of rotatable bonds is 5. The van der Waals surface area contributed by atoms with Crippen molar-refractivity contribution in [2.75, 3.05) is 38.1 Å². The van der Waals surface area contributed by atoms with Crippen LogP contribution in [0.3, 0.4) is 0 Å². The Morgan fingerprint density at radius 2 is 1.62 bits per heavy atom.